The molecule has 0 bridgehead atoms. The monoisotopic (exact) mass is 327 g/mol. The van der Waals surface area contributed by atoms with Crippen molar-refractivity contribution in [3.8, 4) is 12.3 Å². The van der Waals surface area contributed by atoms with Gasteiger partial charge in [-0.1, -0.05) is 18.1 Å². The number of alkyl halides is 1. The highest BCUT2D eigenvalue weighted by atomic mass is 35.5. The molecule has 6 heteroatoms. The van der Waals surface area contributed by atoms with Crippen molar-refractivity contribution in [2.45, 2.75) is 0 Å². The van der Waals surface area contributed by atoms with Crippen molar-refractivity contribution in [2.24, 2.45) is 0 Å². The van der Waals surface area contributed by atoms with Crippen molar-refractivity contribution in [1.29, 1.82) is 0 Å². The Morgan fingerprint density at radius 3 is 2.13 bits per heavy atom. The maximum atomic E-state index is 12.0. The number of rotatable bonds is 4. The fraction of sp³-hybridized carbons (Fsp3) is 0.0588. The Kier molecular flexibility index (Phi) is 5.61. The van der Waals surface area contributed by atoms with Gasteiger partial charge in [0, 0.05) is 22.6 Å². The number of carbonyl (C=O) groups is 2. The Balaban J connectivity index is 2.01. The number of anilines is 3. The quantitative estimate of drug-likeness (QED) is 0.594. The van der Waals surface area contributed by atoms with E-state index in [0.717, 1.165) is 0 Å². The Morgan fingerprint density at radius 2 is 1.52 bits per heavy atom. The maximum Gasteiger partial charge on any atom is 0.323 e. The third kappa shape index (κ3) is 5.06. The van der Waals surface area contributed by atoms with E-state index >= 15 is 0 Å². The summed E-state index contributed by atoms with van der Waals surface area (Å²) in [6.07, 6.45) is 5.32. The second kappa shape index (κ2) is 7.87. The lowest BCUT2D eigenvalue weighted by Crippen LogP contribution is -2.19. The van der Waals surface area contributed by atoms with Gasteiger partial charge in [0.1, 0.15) is 5.88 Å². The van der Waals surface area contributed by atoms with E-state index in [4.69, 9.17) is 18.0 Å². The van der Waals surface area contributed by atoms with E-state index in [-0.39, 0.29) is 11.8 Å². The molecule has 2 aromatic rings. The van der Waals surface area contributed by atoms with E-state index in [1.807, 2.05) is 0 Å². The van der Waals surface area contributed by atoms with Crippen molar-refractivity contribution in [3.63, 3.8) is 0 Å². The molecule has 5 nitrogen and oxygen atoms in total. The Hall–Kier alpha value is -2.97. The second-order valence-corrected chi connectivity index (χ2v) is 4.83. The van der Waals surface area contributed by atoms with Crippen LogP contribution < -0.4 is 16.0 Å². The van der Waals surface area contributed by atoms with Crippen LogP contribution in [-0.4, -0.2) is 17.8 Å². The first-order chi connectivity index (χ1) is 11.1. The summed E-state index contributed by atoms with van der Waals surface area (Å²) in [5.74, 6) is 2.04. The lowest BCUT2D eigenvalue weighted by atomic mass is 10.2. The Labute approximate surface area is 139 Å². The molecule has 0 aliphatic heterocycles. The summed E-state index contributed by atoms with van der Waals surface area (Å²) in [5, 5.41) is 7.96. The molecule has 2 rings (SSSR count). The number of carbonyl (C=O) groups excluding carboxylic acids is 2. The molecule has 23 heavy (non-hydrogen) atoms. The van der Waals surface area contributed by atoms with Gasteiger partial charge in [0.25, 0.3) is 0 Å². The number of hydrogen-bond acceptors (Lipinski definition) is 2. The highest BCUT2D eigenvalue weighted by molar-refractivity contribution is 6.29. The van der Waals surface area contributed by atoms with E-state index in [9.17, 15) is 9.59 Å². The average molecular weight is 328 g/mol. The topological polar surface area (TPSA) is 70.2 Å². The first kappa shape index (κ1) is 16.4. The fourth-order valence-corrected chi connectivity index (χ4v) is 1.92. The summed E-state index contributed by atoms with van der Waals surface area (Å²) >= 11 is 5.44. The smallest absolute Gasteiger partial charge is 0.323 e. The van der Waals surface area contributed by atoms with Gasteiger partial charge in [0.15, 0.2) is 0 Å². The van der Waals surface area contributed by atoms with E-state index in [1.54, 1.807) is 48.5 Å². The predicted octanol–water partition coefficient (Wildman–Crippen LogP) is 3.49. The SMILES string of the molecule is C#Cc1cccc(NC(=O)Nc2cccc(NC(=O)CCl)c2)c1. The lowest BCUT2D eigenvalue weighted by molar-refractivity contribution is -0.113. The van der Waals surface area contributed by atoms with E-state index in [2.05, 4.69) is 21.9 Å². The summed E-state index contributed by atoms with van der Waals surface area (Å²) < 4.78 is 0. The minimum atomic E-state index is -0.417. The van der Waals surface area contributed by atoms with Crippen molar-refractivity contribution < 1.29 is 9.59 Å². The van der Waals surface area contributed by atoms with Gasteiger partial charge in [-0.05, 0) is 36.4 Å². The van der Waals surface area contributed by atoms with Crippen LogP contribution in [0.3, 0.4) is 0 Å². The number of hydrogen-bond donors (Lipinski definition) is 3. The van der Waals surface area contributed by atoms with Gasteiger partial charge in [0.05, 0.1) is 0 Å². The van der Waals surface area contributed by atoms with Crippen LogP contribution in [0.2, 0.25) is 0 Å². The minimum Gasteiger partial charge on any atom is -0.325 e. The lowest BCUT2D eigenvalue weighted by Gasteiger charge is -2.09. The fourth-order valence-electron chi connectivity index (χ4n) is 1.85. The van der Waals surface area contributed by atoms with Crippen LogP contribution >= 0.6 is 11.6 Å². The first-order valence-electron chi connectivity index (χ1n) is 6.71. The zero-order chi connectivity index (χ0) is 16.7. The van der Waals surface area contributed by atoms with Gasteiger partial charge in [0.2, 0.25) is 5.91 Å². The molecule has 0 aliphatic carbocycles. The van der Waals surface area contributed by atoms with E-state index in [0.29, 0.717) is 22.6 Å². The molecule has 0 heterocycles. The normalized spacial score (nSPS) is 9.57. The molecule has 0 unspecified atom stereocenters. The summed E-state index contributed by atoms with van der Waals surface area (Å²) in [6.45, 7) is 0. The number of halogens is 1. The third-order valence-corrected chi connectivity index (χ3v) is 3.06. The molecule has 0 atom stereocenters. The molecular formula is C17H14ClN3O2. The van der Waals surface area contributed by atoms with Gasteiger partial charge in [-0.25, -0.2) is 4.79 Å². The van der Waals surface area contributed by atoms with Gasteiger partial charge >= 0.3 is 6.03 Å². The average Bonchev–Trinajstić information content (AvgIpc) is 2.55. The molecule has 0 fully saturated rings. The zero-order valence-electron chi connectivity index (χ0n) is 12.1. The van der Waals surface area contributed by atoms with Crippen molar-refractivity contribution >= 4 is 40.6 Å². The van der Waals surface area contributed by atoms with Crippen LogP contribution in [-0.2, 0) is 4.79 Å². The molecule has 0 aliphatic rings. The van der Waals surface area contributed by atoms with Crippen molar-refractivity contribution in [3.05, 3.63) is 54.1 Å². The molecule has 0 saturated heterocycles. The molecule has 116 valence electrons. The zero-order valence-corrected chi connectivity index (χ0v) is 12.9. The number of nitrogens with one attached hydrogen (secondary N) is 3. The number of terminal acetylenes is 1. The standard InChI is InChI=1S/C17H14ClN3O2/c1-2-12-5-3-6-13(9-12)20-17(23)21-15-8-4-7-14(10-15)19-16(22)11-18/h1,3-10H,11H2,(H,19,22)(H2,20,21,23). The van der Waals surface area contributed by atoms with Gasteiger partial charge < -0.3 is 16.0 Å². The van der Waals surface area contributed by atoms with E-state index in [1.165, 1.54) is 0 Å². The third-order valence-electron chi connectivity index (χ3n) is 2.81. The predicted molar refractivity (Wildman–Crippen MR) is 92.8 cm³/mol. The molecule has 3 N–H and O–H groups in total. The van der Waals surface area contributed by atoms with Gasteiger partial charge in [-0.3, -0.25) is 4.79 Å². The molecule has 2 aromatic carbocycles. The van der Waals surface area contributed by atoms with Crippen molar-refractivity contribution in [1.82, 2.24) is 0 Å². The molecular weight excluding hydrogens is 314 g/mol. The summed E-state index contributed by atoms with van der Waals surface area (Å²) in [6, 6.07) is 13.3. The number of amides is 3. The first-order valence-corrected chi connectivity index (χ1v) is 7.24. The largest absolute Gasteiger partial charge is 0.325 e. The highest BCUT2D eigenvalue weighted by Gasteiger charge is 2.05. The van der Waals surface area contributed by atoms with Crippen LogP contribution in [0.1, 0.15) is 5.56 Å². The van der Waals surface area contributed by atoms with Crippen LogP contribution in [0.4, 0.5) is 21.9 Å². The van der Waals surface area contributed by atoms with Crippen LogP contribution in [0.5, 0.6) is 0 Å². The van der Waals surface area contributed by atoms with Gasteiger partial charge in [-0.15, -0.1) is 18.0 Å². The molecule has 0 saturated carbocycles. The number of urea groups is 1. The van der Waals surface area contributed by atoms with Crippen LogP contribution in [0, 0.1) is 12.3 Å². The number of benzene rings is 2. The molecule has 0 aromatic heterocycles. The molecule has 3 amide bonds. The Morgan fingerprint density at radius 1 is 0.957 bits per heavy atom. The van der Waals surface area contributed by atoms with Crippen LogP contribution in [0.15, 0.2) is 48.5 Å². The second-order valence-electron chi connectivity index (χ2n) is 4.57. The molecule has 0 radical (unpaired) electrons. The molecule has 0 spiro atoms. The maximum absolute atomic E-state index is 12.0. The van der Waals surface area contributed by atoms with Crippen LogP contribution in [0.25, 0.3) is 0 Å². The summed E-state index contributed by atoms with van der Waals surface area (Å²) in [7, 11) is 0. The highest BCUT2D eigenvalue weighted by Crippen LogP contribution is 2.16. The van der Waals surface area contributed by atoms with Gasteiger partial charge in [-0.2, -0.15) is 0 Å². The van der Waals surface area contributed by atoms with E-state index < -0.39 is 6.03 Å². The minimum absolute atomic E-state index is 0.135. The van der Waals surface area contributed by atoms with Crippen molar-refractivity contribution in [2.75, 3.05) is 21.8 Å². The summed E-state index contributed by atoms with van der Waals surface area (Å²) in [5.41, 5.74) is 2.34. The summed E-state index contributed by atoms with van der Waals surface area (Å²) in [4.78, 5) is 23.2. The Bertz CT molecular complexity index is 768.